The van der Waals surface area contributed by atoms with Crippen LogP contribution >= 0.6 is 0 Å². The van der Waals surface area contributed by atoms with Crippen molar-refractivity contribution in [3.63, 3.8) is 0 Å². The number of amides is 1. The Hall–Kier alpha value is -3.01. The van der Waals surface area contributed by atoms with E-state index in [4.69, 9.17) is 18.9 Å². The molecule has 7 unspecified atom stereocenters. The van der Waals surface area contributed by atoms with Crippen LogP contribution in [0.1, 0.15) is 104 Å². The van der Waals surface area contributed by atoms with Crippen molar-refractivity contribution in [1.82, 2.24) is 9.80 Å². The lowest BCUT2D eigenvalue weighted by Crippen LogP contribution is -2.48. The molecule has 4 fully saturated rings. The molecule has 9 heteroatoms. The first kappa shape index (κ1) is 39.2. The van der Waals surface area contributed by atoms with Crippen molar-refractivity contribution in [2.75, 3.05) is 33.3 Å². The molecule has 5 rings (SSSR count). The number of hydrogen-bond acceptors (Lipinski definition) is 8. The normalized spacial score (nSPS) is 33.9. The zero-order chi connectivity index (χ0) is 36.0. The van der Waals surface area contributed by atoms with Crippen LogP contribution in [0.15, 0.2) is 60.3 Å². The number of methoxy groups -OCH3 is 1. The summed E-state index contributed by atoms with van der Waals surface area (Å²) in [5, 5.41) is 0. The van der Waals surface area contributed by atoms with E-state index in [1.807, 2.05) is 41.4 Å². The molecule has 5 aliphatic rings. The fourth-order valence-corrected chi connectivity index (χ4v) is 8.38. The molecule has 51 heavy (non-hydrogen) atoms. The molecule has 282 valence electrons. The predicted octanol–water partition coefficient (Wildman–Crippen LogP) is 7.03. The van der Waals surface area contributed by atoms with Gasteiger partial charge in [-0.05, 0) is 89.3 Å². The van der Waals surface area contributed by atoms with E-state index in [2.05, 4.69) is 30.9 Å². The maximum absolute atomic E-state index is 13.4. The second-order valence-corrected chi connectivity index (χ2v) is 15.4. The van der Waals surface area contributed by atoms with Gasteiger partial charge in [0.25, 0.3) is 0 Å². The minimum atomic E-state index is -0.461. The zero-order valence-electron chi connectivity index (χ0n) is 31.3. The Labute approximate surface area is 306 Å². The average Bonchev–Trinajstić information content (AvgIpc) is 3.13. The topological polar surface area (TPSA) is 94.6 Å². The Morgan fingerprint density at radius 3 is 2.27 bits per heavy atom. The fourth-order valence-electron chi connectivity index (χ4n) is 8.38. The van der Waals surface area contributed by atoms with E-state index in [0.29, 0.717) is 31.2 Å². The molecule has 0 aromatic heterocycles. The van der Waals surface area contributed by atoms with Gasteiger partial charge in [0.15, 0.2) is 0 Å². The van der Waals surface area contributed by atoms with E-state index in [1.54, 1.807) is 6.08 Å². The standard InChI is InChI=1S/C42H62N2O7/c1-31-17-18-32(2)39(15-8-5-4-6-9-16-40(45)44-23-19-34(20-24-44)43-21-10-7-11-22-43)51-42(47)30-38-27-33(28-41(46)48-3)26-37(50-38)29-36-14-12-13-35(25-31)49-36/h4-6,8-9,15,17-18,28,31-32,34-39H,7,10-14,16,19-27,29-30H2,1-3H3/b5-4-,9-6+,15-8+,18-17+,33-28-. The molecule has 7 atom stereocenters. The van der Waals surface area contributed by atoms with Gasteiger partial charge < -0.3 is 28.7 Å². The molecular weight excluding hydrogens is 644 g/mol. The number of fused-ring (bicyclic) bond motifs is 4. The zero-order valence-corrected chi connectivity index (χ0v) is 31.3. The van der Waals surface area contributed by atoms with Gasteiger partial charge in [-0.15, -0.1) is 0 Å². The number of carbonyl (C=O) groups excluding carboxylic acids is 3. The van der Waals surface area contributed by atoms with Gasteiger partial charge in [-0.2, -0.15) is 0 Å². The Kier molecular flexibility index (Phi) is 15.6. The predicted molar refractivity (Wildman–Crippen MR) is 199 cm³/mol. The molecule has 9 nitrogen and oxygen atoms in total. The van der Waals surface area contributed by atoms with E-state index >= 15 is 0 Å². The highest BCUT2D eigenvalue weighted by molar-refractivity contribution is 5.82. The van der Waals surface area contributed by atoms with E-state index in [0.717, 1.165) is 63.6 Å². The van der Waals surface area contributed by atoms with Gasteiger partial charge in [-0.1, -0.05) is 68.4 Å². The molecule has 0 N–H and O–H groups in total. The number of cyclic esters (lactones) is 1. The Morgan fingerprint density at radius 2 is 1.51 bits per heavy atom. The quantitative estimate of drug-likeness (QED) is 0.121. The number of hydrogen-bond donors (Lipinski definition) is 0. The van der Waals surface area contributed by atoms with Crippen molar-refractivity contribution in [3.8, 4) is 0 Å². The monoisotopic (exact) mass is 706 g/mol. The van der Waals surface area contributed by atoms with E-state index < -0.39 is 6.10 Å². The third-order valence-corrected chi connectivity index (χ3v) is 11.2. The first-order valence-electron chi connectivity index (χ1n) is 19.7. The van der Waals surface area contributed by atoms with E-state index in [-0.39, 0.29) is 54.6 Å². The summed E-state index contributed by atoms with van der Waals surface area (Å²) in [5.74, 6) is -0.250. The van der Waals surface area contributed by atoms with E-state index in [9.17, 15) is 14.4 Å². The van der Waals surface area contributed by atoms with Crippen molar-refractivity contribution in [3.05, 3.63) is 60.3 Å². The van der Waals surface area contributed by atoms with Crippen LogP contribution in [0.5, 0.6) is 0 Å². The molecular formula is C42H62N2O7. The number of rotatable bonds is 7. The summed E-state index contributed by atoms with van der Waals surface area (Å²) in [6.45, 7) is 8.41. The highest BCUT2D eigenvalue weighted by atomic mass is 16.6. The molecule has 0 saturated carbocycles. The molecule has 0 radical (unpaired) electrons. The minimum Gasteiger partial charge on any atom is -0.466 e. The van der Waals surface area contributed by atoms with Crippen molar-refractivity contribution >= 4 is 17.8 Å². The average molecular weight is 707 g/mol. The summed E-state index contributed by atoms with van der Waals surface area (Å²) < 4.78 is 24.0. The minimum absolute atomic E-state index is 0.0454. The Balaban J connectivity index is 1.17. The number of carbonyl (C=O) groups is 3. The summed E-state index contributed by atoms with van der Waals surface area (Å²) in [7, 11) is 1.38. The molecule has 5 aliphatic heterocycles. The summed E-state index contributed by atoms with van der Waals surface area (Å²) in [6.07, 6.45) is 29.3. The van der Waals surface area contributed by atoms with Gasteiger partial charge in [0.05, 0.1) is 37.9 Å². The van der Waals surface area contributed by atoms with Gasteiger partial charge in [-0.3, -0.25) is 9.59 Å². The lowest BCUT2D eigenvalue weighted by atomic mass is 9.89. The molecule has 0 aromatic rings. The second-order valence-electron chi connectivity index (χ2n) is 15.4. The smallest absolute Gasteiger partial charge is 0.330 e. The first-order valence-corrected chi connectivity index (χ1v) is 19.7. The molecule has 4 saturated heterocycles. The Bertz CT molecular complexity index is 1290. The summed E-state index contributed by atoms with van der Waals surface area (Å²) in [6, 6.07) is 0.634. The summed E-state index contributed by atoms with van der Waals surface area (Å²) in [4.78, 5) is 43.0. The first-order chi connectivity index (χ1) is 24.7. The van der Waals surface area contributed by atoms with Crippen LogP contribution in [-0.4, -0.2) is 97.5 Å². The molecule has 5 heterocycles. The lowest BCUT2D eigenvalue weighted by Gasteiger charge is -2.40. The van der Waals surface area contributed by atoms with Gasteiger partial charge in [-0.25, -0.2) is 4.79 Å². The largest absolute Gasteiger partial charge is 0.466 e. The van der Waals surface area contributed by atoms with Crippen LogP contribution in [0.3, 0.4) is 0 Å². The van der Waals surface area contributed by atoms with Gasteiger partial charge in [0.1, 0.15) is 6.10 Å². The van der Waals surface area contributed by atoms with Crippen LogP contribution in [0, 0.1) is 11.8 Å². The van der Waals surface area contributed by atoms with Crippen molar-refractivity contribution in [2.24, 2.45) is 11.8 Å². The van der Waals surface area contributed by atoms with Gasteiger partial charge >= 0.3 is 11.9 Å². The molecule has 0 aliphatic carbocycles. The van der Waals surface area contributed by atoms with Crippen LogP contribution in [0.2, 0.25) is 0 Å². The van der Waals surface area contributed by atoms with Crippen molar-refractivity contribution in [2.45, 2.75) is 140 Å². The van der Waals surface area contributed by atoms with E-state index in [1.165, 1.54) is 39.5 Å². The highest BCUT2D eigenvalue weighted by Crippen LogP contribution is 2.34. The number of nitrogens with zero attached hydrogens (tertiary/aromatic N) is 2. The maximum atomic E-state index is 13.4. The molecule has 4 bridgehead atoms. The van der Waals surface area contributed by atoms with Crippen molar-refractivity contribution in [1.29, 1.82) is 0 Å². The Morgan fingerprint density at radius 1 is 0.804 bits per heavy atom. The van der Waals surface area contributed by atoms with Crippen LogP contribution in [0.4, 0.5) is 0 Å². The second kappa shape index (κ2) is 20.3. The van der Waals surface area contributed by atoms with Crippen LogP contribution < -0.4 is 0 Å². The van der Waals surface area contributed by atoms with Crippen LogP contribution in [0.25, 0.3) is 0 Å². The van der Waals surface area contributed by atoms with Gasteiger partial charge in [0.2, 0.25) is 5.91 Å². The van der Waals surface area contributed by atoms with Crippen LogP contribution in [-0.2, 0) is 33.3 Å². The fraction of sp³-hybridized carbons (Fsp3) is 0.690. The maximum Gasteiger partial charge on any atom is 0.330 e. The molecule has 1 amide bonds. The number of ether oxygens (including phenoxy) is 4. The number of esters is 2. The van der Waals surface area contributed by atoms with Gasteiger partial charge in [0, 0.05) is 44.0 Å². The third kappa shape index (κ3) is 12.9. The number of piperidine rings is 2. The SMILES string of the molecule is COC(=O)/C=C1\CC2CC(=O)OC(/C=C/C=C\C=C\CC(=O)N3CCC(N4CCCCC4)CC3)C(C)/C=C/C(C)CC3CCCC(CC(C1)O2)O3. The molecule has 0 spiro atoms. The molecule has 0 aromatic carbocycles. The summed E-state index contributed by atoms with van der Waals surface area (Å²) >= 11 is 0. The third-order valence-electron chi connectivity index (χ3n) is 11.2. The van der Waals surface area contributed by atoms with Crippen molar-refractivity contribution < 1.29 is 33.3 Å². The summed E-state index contributed by atoms with van der Waals surface area (Å²) in [5.41, 5.74) is 0.933. The number of allylic oxidation sites excluding steroid dienone is 5. The lowest BCUT2D eigenvalue weighted by molar-refractivity contribution is -0.154. The highest BCUT2D eigenvalue weighted by Gasteiger charge is 2.33. The number of likely N-dealkylation sites (tertiary alicyclic amines) is 2.